The highest BCUT2D eigenvalue weighted by Crippen LogP contribution is 2.31. The first kappa shape index (κ1) is 24.9. The molecule has 0 aromatic heterocycles. The number of hydrogen-bond acceptors (Lipinski definition) is 4. The summed E-state index contributed by atoms with van der Waals surface area (Å²) in [5.41, 5.74) is 4.41. The Kier molecular flexibility index (Phi) is 7.23. The predicted octanol–water partition coefficient (Wildman–Crippen LogP) is 2.63. The average molecular weight is 476 g/mol. The summed E-state index contributed by atoms with van der Waals surface area (Å²) in [5.74, 6) is -1.67. The Hall–Kier alpha value is -2.78. The molecule has 1 fully saturated rings. The minimum atomic E-state index is -3.72. The van der Waals surface area contributed by atoms with Crippen LogP contribution in [0.25, 0.3) is 0 Å². The maximum absolute atomic E-state index is 13.7. The standard InChI is InChI=1S/C24H30FN3O4S/c1-15-16(2)18(4)23(19(5)17(15)3)33(31,32)28-12-10-27(11-13-28)22(29)14-26-24(30)20-8-6-7-9-21(20)25/h6-9H,10-14H2,1-5H3,(H,26,30). The van der Waals surface area contributed by atoms with Crippen molar-refractivity contribution in [2.24, 2.45) is 0 Å². The van der Waals surface area contributed by atoms with Crippen LogP contribution in [0.1, 0.15) is 38.2 Å². The highest BCUT2D eigenvalue weighted by Gasteiger charge is 2.33. The highest BCUT2D eigenvalue weighted by molar-refractivity contribution is 7.89. The molecule has 0 bridgehead atoms. The van der Waals surface area contributed by atoms with E-state index in [2.05, 4.69) is 5.32 Å². The zero-order valence-corrected chi connectivity index (χ0v) is 20.5. The fourth-order valence-electron chi connectivity index (χ4n) is 4.17. The van der Waals surface area contributed by atoms with Crippen LogP contribution in [0.15, 0.2) is 29.2 Å². The van der Waals surface area contributed by atoms with Gasteiger partial charge in [-0.1, -0.05) is 12.1 Å². The lowest BCUT2D eigenvalue weighted by atomic mass is 9.95. The Morgan fingerprint density at radius 2 is 1.39 bits per heavy atom. The highest BCUT2D eigenvalue weighted by atomic mass is 32.2. The van der Waals surface area contributed by atoms with E-state index in [0.717, 1.165) is 27.8 Å². The van der Waals surface area contributed by atoms with Gasteiger partial charge in [0.2, 0.25) is 15.9 Å². The quantitative estimate of drug-likeness (QED) is 0.720. The van der Waals surface area contributed by atoms with Crippen molar-refractivity contribution in [1.82, 2.24) is 14.5 Å². The van der Waals surface area contributed by atoms with E-state index in [-0.39, 0.29) is 44.2 Å². The van der Waals surface area contributed by atoms with Crippen molar-refractivity contribution in [1.29, 1.82) is 0 Å². The van der Waals surface area contributed by atoms with E-state index in [9.17, 15) is 22.4 Å². The van der Waals surface area contributed by atoms with Crippen molar-refractivity contribution in [3.05, 3.63) is 63.5 Å². The summed E-state index contributed by atoms with van der Waals surface area (Å²) in [4.78, 5) is 26.5. The van der Waals surface area contributed by atoms with Gasteiger partial charge in [0.25, 0.3) is 5.91 Å². The van der Waals surface area contributed by atoms with Crippen LogP contribution in [0.3, 0.4) is 0 Å². The normalized spacial score (nSPS) is 14.9. The van der Waals surface area contributed by atoms with Gasteiger partial charge in [0, 0.05) is 26.2 Å². The second-order valence-electron chi connectivity index (χ2n) is 8.40. The topological polar surface area (TPSA) is 86.8 Å². The van der Waals surface area contributed by atoms with Crippen LogP contribution in [-0.4, -0.2) is 62.2 Å². The fraction of sp³-hybridized carbons (Fsp3) is 0.417. The Balaban J connectivity index is 1.66. The monoisotopic (exact) mass is 475 g/mol. The second kappa shape index (κ2) is 9.61. The number of benzene rings is 2. The van der Waals surface area contributed by atoms with E-state index < -0.39 is 21.7 Å². The molecule has 33 heavy (non-hydrogen) atoms. The van der Waals surface area contributed by atoms with Crippen LogP contribution in [0.2, 0.25) is 0 Å². The first-order valence-corrected chi connectivity index (χ1v) is 12.3. The molecule has 178 valence electrons. The van der Waals surface area contributed by atoms with Crippen molar-refractivity contribution < 1.29 is 22.4 Å². The molecular formula is C24H30FN3O4S. The molecule has 0 unspecified atom stereocenters. The number of sulfonamides is 1. The van der Waals surface area contributed by atoms with Crippen LogP contribution in [0.4, 0.5) is 4.39 Å². The van der Waals surface area contributed by atoms with E-state index >= 15 is 0 Å². The zero-order chi connectivity index (χ0) is 24.5. The molecule has 2 aromatic rings. The molecule has 1 N–H and O–H groups in total. The maximum atomic E-state index is 13.7. The Morgan fingerprint density at radius 3 is 1.94 bits per heavy atom. The van der Waals surface area contributed by atoms with Crippen LogP contribution >= 0.6 is 0 Å². The zero-order valence-electron chi connectivity index (χ0n) is 19.7. The lowest BCUT2D eigenvalue weighted by Gasteiger charge is -2.35. The van der Waals surface area contributed by atoms with Gasteiger partial charge in [0.15, 0.2) is 0 Å². The van der Waals surface area contributed by atoms with E-state index in [1.54, 1.807) is 6.07 Å². The van der Waals surface area contributed by atoms with Gasteiger partial charge in [-0.3, -0.25) is 9.59 Å². The first-order chi connectivity index (χ1) is 15.5. The summed E-state index contributed by atoms with van der Waals surface area (Å²) < 4.78 is 42.0. The van der Waals surface area contributed by atoms with Crippen LogP contribution in [-0.2, 0) is 14.8 Å². The molecule has 0 saturated carbocycles. The number of rotatable bonds is 5. The molecule has 3 rings (SSSR count). The van der Waals surface area contributed by atoms with Gasteiger partial charge < -0.3 is 10.2 Å². The SMILES string of the molecule is Cc1c(C)c(C)c(S(=O)(=O)N2CCN(C(=O)CNC(=O)c3ccccc3F)CC2)c(C)c1C. The Labute approximate surface area is 194 Å². The van der Waals surface area contributed by atoms with Crippen molar-refractivity contribution >= 4 is 21.8 Å². The summed E-state index contributed by atoms with van der Waals surface area (Å²) in [5, 5.41) is 2.43. The van der Waals surface area contributed by atoms with Crippen molar-refractivity contribution in [3.8, 4) is 0 Å². The smallest absolute Gasteiger partial charge is 0.254 e. The third-order valence-corrected chi connectivity index (χ3v) is 8.81. The Bertz CT molecular complexity index is 1170. The van der Waals surface area contributed by atoms with Gasteiger partial charge in [0.05, 0.1) is 17.0 Å². The lowest BCUT2D eigenvalue weighted by Crippen LogP contribution is -2.52. The number of amides is 2. The molecule has 1 aliphatic heterocycles. The third kappa shape index (κ3) is 4.79. The number of nitrogens with zero attached hydrogens (tertiary/aromatic N) is 2. The Morgan fingerprint density at radius 1 is 0.879 bits per heavy atom. The molecule has 0 spiro atoms. The van der Waals surface area contributed by atoms with E-state index in [1.807, 2.05) is 34.6 Å². The minimum Gasteiger partial charge on any atom is -0.343 e. The summed E-state index contributed by atoms with van der Waals surface area (Å²) in [6, 6.07) is 5.54. The average Bonchev–Trinajstić information content (AvgIpc) is 2.80. The molecule has 1 aliphatic rings. The summed E-state index contributed by atoms with van der Waals surface area (Å²) in [7, 11) is -3.72. The van der Waals surface area contributed by atoms with Crippen LogP contribution < -0.4 is 5.32 Å². The molecule has 1 saturated heterocycles. The molecule has 1 heterocycles. The van der Waals surface area contributed by atoms with Crippen molar-refractivity contribution in [2.75, 3.05) is 32.7 Å². The number of nitrogens with one attached hydrogen (secondary N) is 1. The molecular weight excluding hydrogens is 445 g/mol. The van der Waals surface area contributed by atoms with E-state index in [0.29, 0.717) is 4.90 Å². The van der Waals surface area contributed by atoms with Gasteiger partial charge in [-0.25, -0.2) is 12.8 Å². The molecule has 2 aromatic carbocycles. The molecule has 2 amide bonds. The summed E-state index contributed by atoms with van der Waals surface area (Å²) >= 11 is 0. The van der Waals surface area contributed by atoms with Gasteiger partial charge in [-0.15, -0.1) is 0 Å². The van der Waals surface area contributed by atoms with Crippen molar-refractivity contribution in [3.63, 3.8) is 0 Å². The fourth-order valence-corrected chi connectivity index (χ4v) is 6.15. The lowest BCUT2D eigenvalue weighted by molar-refractivity contribution is -0.131. The van der Waals surface area contributed by atoms with Gasteiger partial charge in [-0.2, -0.15) is 4.31 Å². The molecule has 0 atom stereocenters. The summed E-state index contributed by atoms with van der Waals surface area (Å²) in [6.45, 7) is 10.0. The van der Waals surface area contributed by atoms with Crippen LogP contribution in [0.5, 0.6) is 0 Å². The second-order valence-corrected chi connectivity index (χ2v) is 10.3. The van der Waals surface area contributed by atoms with Crippen LogP contribution in [0, 0.1) is 40.4 Å². The van der Waals surface area contributed by atoms with E-state index in [1.165, 1.54) is 27.4 Å². The van der Waals surface area contributed by atoms with Gasteiger partial charge in [0.1, 0.15) is 5.82 Å². The summed E-state index contributed by atoms with van der Waals surface area (Å²) in [6.07, 6.45) is 0. The number of halogens is 1. The largest absolute Gasteiger partial charge is 0.343 e. The molecule has 0 radical (unpaired) electrons. The molecule has 9 heteroatoms. The minimum absolute atomic E-state index is 0.129. The number of carbonyl (C=O) groups is 2. The number of piperazine rings is 1. The number of hydrogen-bond donors (Lipinski definition) is 1. The first-order valence-electron chi connectivity index (χ1n) is 10.8. The molecule has 7 nitrogen and oxygen atoms in total. The third-order valence-electron chi connectivity index (χ3n) is 6.64. The maximum Gasteiger partial charge on any atom is 0.254 e. The number of carbonyl (C=O) groups excluding carboxylic acids is 2. The van der Waals surface area contributed by atoms with Crippen molar-refractivity contribution in [2.45, 2.75) is 39.5 Å². The van der Waals surface area contributed by atoms with Gasteiger partial charge in [-0.05, 0) is 74.6 Å². The van der Waals surface area contributed by atoms with Gasteiger partial charge >= 0.3 is 0 Å². The molecule has 0 aliphatic carbocycles. The predicted molar refractivity (Wildman–Crippen MR) is 124 cm³/mol. The van der Waals surface area contributed by atoms with E-state index in [4.69, 9.17) is 0 Å².